The van der Waals surface area contributed by atoms with Crippen LogP contribution in [0.5, 0.6) is 0 Å². The maximum atomic E-state index is 13.7. The summed E-state index contributed by atoms with van der Waals surface area (Å²) in [7, 11) is -4.02. The molecule has 0 saturated heterocycles. The van der Waals surface area contributed by atoms with E-state index in [1.54, 1.807) is 12.4 Å². The van der Waals surface area contributed by atoms with Crippen molar-refractivity contribution < 1.29 is 17.0 Å². The molecule has 0 N–H and O–H groups in total. The minimum absolute atomic E-state index is 0.0556. The molecule has 0 aliphatic rings. The van der Waals surface area contributed by atoms with Gasteiger partial charge in [0.2, 0.25) is 5.50 Å². The van der Waals surface area contributed by atoms with Crippen molar-refractivity contribution >= 4 is 10.1 Å². The summed E-state index contributed by atoms with van der Waals surface area (Å²) in [5.74, 6) is 0. The van der Waals surface area contributed by atoms with E-state index in [2.05, 4.69) is 18.8 Å². The first-order valence-corrected chi connectivity index (χ1v) is 12.9. The van der Waals surface area contributed by atoms with Crippen LogP contribution in [-0.2, 0) is 14.3 Å². The van der Waals surface area contributed by atoms with E-state index in [1.165, 1.54) is 38.5 Å². The monoisotopic (exact) mass is 431 g/mol. The van der Waals surface area contributed by atoms with Gasteiger partial charge in [0.1, 0.15) is 0 Å². The summed E-state index contributed by atoms with van der Waals surface area (Å²) >= 11 is 0. The van der Waals surface area contributed by atoms with Gasteiger partial charge in [-0.1, -0.05) is 90.5 Å². The molecule has 29 heavy (non-hydrogen) atoms. The van der Waals surface area contributed by atoms with E-state index in [-0.39, 0.29) is 13.0 Å². The number of halogens is 1. The summed E-state index contributed by atoms with van der Waals surface area (Å²) in [6, 6.07) is 5.72. The van der Waals surface area contributed by atoms with Crippen LogP contribution in [0.15, 0.2) is 30.6 Å². The number of unbranched alkanes of at least 4 members (excludes halogenated alkanes) is 11. The van der Waals surface area contributed by atoms with Crippen LogP contribution in [0.1, 0.15) is 104 Å². The average molecular weight is 432 g/mol. The van der Waals surface area contributed by atoms with Crippen molar-refractivity contribution in [2.45, 2.75) is 109 Å². The Bertz CT molecular complexity index is 514. The van der Waals surface area contributed by atoms with Gasteiger partial charge in [0.15, 0.2) is 0 Å². The topological polar surface area (TPSA) is 56.3 Å². The van der Waals surface area contributed by atoms with Gasteiger partial charge in [0, 0.05) is 12.4 Å². The van der Waals surface area contributed by atoms with Crippen molar-refractivity contribution in [3.8, 4) is 0 Å². The van der Waals surface area contributed by atoms with Crippen molar-refractivity contribution in [2.24, 2.45) is 0 Å². The van der Waals surface area contributed by atoms with Gasteiger partial charge in [-0.15, -0.1) is 0 Å². The number of alkyl halides is 1. The second-order valence-electron chi connectivity index (χ2n) is 7.43. The fourth-order valence-electron chi connectivity index (χ4n) is 2.85. The van der Waals surface area contributed by atoms with Gasteiger partial charge in [-0.3, -0.25) is 9.17 Å². The number of hydrogen-bond donors (Lipinski definition) is 0. The summed E-state index contributed by atoms with van der Waals surface area (Å²) < 4.78 is 41.7. The molecule has 4 nitrogen and oxygen atoms in total. The Morgan fingerprint density at radius 3 is 1.69 bits per heavy atom. The summed E-state index contributed by atoms with van der Waals surface area (Å²) in [5, 5.41) is 0. The quantitative estimate of drug-likeness (QED) is 0.193. The molecule has 0 amide bonds. The molecule has 1 aromatic heterocycles. The van der Waals surface area contributed by atoms with Crippen LogP contribution >= 0.6 is 0 Å². The predicted molar refractivity (Wildman–Crippen MR) is 120 cm³/mol. The number of rotatable bonds is 17. The van der Waals surface area contributed by atoms with Crippen LogP contribution in [0.2, 0.25) is 0 Å². The largest absolute Gasteiger partial charge is 0.299 e. The third-order valence-corrected chi connectivity index (χ3v) is 6.02. The lowest BCUT2D eigenvalue weighted by atomic mass is 10.1. The van der Waals surface area contributed by atoms with E-state index in [9.17, 15) is 12.8 Å². The van der Waals surface area contributed by atoms with Crippen LogP contribution in [0.25, 0.3) is 0 Å². The lowest BCUT2D eigenvalue weighted by molar-refractivity contribution is 0.271. The van der Waals surface area contributed by atoms with E-state index in [0.717, 1.165) is 32.1 Å². The third-order valence-electron chi connectivity index (χ3n) is 4.66. The number of pyridine rings is 1. The SMILES string of the molecule is CCCCCCCCCCCOS(=O)(=O)C(F)CCCCCC.c1ccncc1. The zero-order chi connectivity index (χ0) is 21.6. The Hall–Kier alpha value is -1.01. The molecule has 0 spiro atoms. The number of aromatic nitrogens is 1. The zero-order valence-electron chi connectivity index (χ0n) is 18.5. The van der Waals surface area contributed by atoms with Gasteiger partial charge in [0.05, 0.1) is 6.61 Å². The molecule has 0 radical (unpaired) electrons. The van der Waals surface area contributed by atoms with E-state index < -0.39 is 15.6 Å². The second-order valence-corrected chi connectivity index (χ2v) is 9.16. The Balaban J connectivity index is 0.00000110. The smallest absolute Gasteiger partial charge is 0.268 e. The first-order chi connectivity index (χ1) is 14.0. The molecule has 1 rings (SSSR count). The molecule has 1 unspecified atom stereocenters. The van der Waals surface area contributed by atoms with Gasteiger partial charge >= 0.3 is 0 Å². The average Bonchev–Trinajstić information content (AvgIpc) is 2.74. The highest BCUT2D eigenvalue weighted by Gasteiger charge is 2.25. The van der Waals surface area contributed by atoms with Crippen LogP contribution in [0.3, 0.4) is 0 Å². The molecule has 6 heteroatoms. The number of hydrogen-bond acceptors (Lipinski definition) is 4. The molecule has 0 aliphatic carbocycles. The summed E-state index contributed by atoms with van der Waals surface area (Å²) in [5.41, 5.74) is -1.86. The Morgan fingerprint density at radius 2 is 1.24 bits per heavy atom. The molecule has 0 aliphatic heterocycles. The summed E-state index contributed by atoms with van der Waals surface area (Å²) in [4.78, 5) is 3.78. The molecule has 1 atom stereocenters. The van der Waals surface area contributed by atoms with Crippen molar-refractivity contribution in [3.05, 3.63) is 30.6 Å². The molecule has 0 saturated carbocycles. The molecule has 0 bridgehead atoms. The molecule has 0 aromatic carbocycles. The van der Waals surface area contributed by atoms with Crippen LogP contribution < -0.4 is 0 Å². The van der Waals surface area contributed by atoms with E-state index in [1.807, 2.05) is 18.2 Å². The van der Waals surface area contributed by atoms with Crippen molar-refractivity contribution in [2.75, 3.05) is 6.61 Å². The molecule has 1 aromatic rings. The van der Waals surface area contributed by atoms with Crippen LogP contribution in [-0.4, -0.2) is 25.5 Å². The molecule has 170 valence electrons. The highest BCUT2D eigenvalue weighted by atomic mass is 32.2. The summed E-state index contributed by atoms with van der Waals surface area (Å²) in [6.45, 7) is 4.40. The highest BCUT2D eigenvalue weighted by molar-refractivity contribution is 7.87. The Morgan fingerprint density at radius 1 is 0.759 bits per heavy atom. The molecular formula is C23H42FNO3S. The van der Waals surface area contributed by atoms with Gasteiger partial charge in [0.25, 0.3) is 10.1 Å². The van der Waals surface area contributed by atoms with Gasteiger partial charge in [-0.05, 0) is 31.4 Å². The van der Waals surface area contributed by atoms with Crippen LogP contribution in [0, 0.1) is 0 Å². The normalized spacial score (nSPS) is 12.2. The maximum absolute atomic E-state index is 13.7. The standard InChI is InChI=1S/C18H37FO3S.C5H5N/c1-3-5-7-9-10-11-12-13-15-17-22-23(20,21)18(19)16-14-8-6-4-2;1-2-4-6-5-3-1/h18H,3-17H2,1-2H3;1-5H. The fraction of sp³-hybridized carbons (Fsp3) is 0.783. The third kappa shape index (κ3) is 18.7. The molecule has 0 fully saturated rings. The molecular weight excluding hydrogens is 389 g/mol. The molecule has 1 heterocycles. The lowest BCUT2D eigenvalue weighted by Gasteiger charge is -2.10. The van der Waals surface area contributed by atoms with Crippen LogP contribution in [0.4, 0.5) is 4.39 Å². The van der Waals surface area contributed by atoms with E-state index in [0.29, 0.717) is 12.8 Å². The first kappa shape index (κ1) is 28.0. The zero-order valence-corrected chi connectivity index (χ0v) is 19.3. The van der Waals surface area contributed by atoms with Crippen molar-refractivity contribution in [1.82, 2.24) is 4.98 Å². The fourth-order valence-corrected chi connectivity index (χ4v) is 3.80. The summed E-state index contributed by atoms with van der Waals surface area (Å²) in [6.07, 6.45) is 17.5. The lowest BCUT2D eigenvalue weighted by Crippen LogP contribution is -2.19. The number of nitrogens with zero attached hydrogens (tertiary/aromatic N) is 1. The van der Waals surface area contributed by atoms with Crippen molar-refractivity contribution in [3.63, 3.8) is 0 Å². The minimum Gasteiger partial charge on any atom is -0.268 e. The predicted octanol–water partition coefficient (Wildman–Crippen LogP) is 7.21. The first-order valence-electron chi connectivity index (χ1n) is 11.4. The maximum Gasteiger partial charge on any atom is 0.299 e. The van der Waals surface area contributed by atoms with Gasteiger partial charge in [-0.25, -0.2) is 4.39 Å². The van der Waals surface area contributed by atoms with E-state index in [4.69, 9.17) is 4.18 Å². The Kier molecular flexibility index (Phi) is 19.6. The van der Waals surface area contributed by atoms with Crippen molar-refractivity contribution in [1.29, 1.82) is 0 Å². The van der Waals surface area contributed by atoms with E-state index >= 15 is 0 Å². The second kappa shape index (κ2) is 20.3. The van der Waals surface area contributed by atoms with Gasteiger partial charge in [-0.2, -0.15) is 8.42 Å². The minimum atomic E-state index is -4.02. The van der Waals surface area contributed by atoms with Gasteiger partial charge < -0.3 is 0 Å². The Labute approximate surface area is 178 Å². The highest BCUT2D eigenvalue weighted by Crippen LogP contribution is 2.16.